The van der Waals surface area contributed by atoms with Crippen molar-refractivity contribution in [1.82, 2.24) is 0 Å². The SMILES string of the molecule is COc1ccc(P(=O)(CC(CC(=O)O)C(=O)O)c2ccc(OC)cc2)cc1. The first-order valence-corrected chi connectivity index (χ1v) is 10.0. The van der Waals surface area contributed by atoms with Gasteiger partial charge in [-0.15, -0.1) is 0 Å². The molecule has 2 aromatic carbocycles. The van der Waals surface area contributed by atoms with Crippen molar-refractivity contribution < 1.29 is 33.8 Å². The van der Waals surface area contributed by atoms with Crippen molar-refractivity contribution in [3.63, 3.8) is 0 Å². The third-order valence-electron chi connectivity index (χ3n) is 4.23. The highest BCUT2D eigenvalue weighted by Crippen LogP contribution is 2.46. The largest absolute Gasteiger partial charge is 0.497 e. The fraction of sp³-hybridized carbons (Fsp3) is 0.263. The summed E-state index contributed by atoms with van der Waals surface area (Å²) in [5, 5.41) is 19.3. The lowest BCUT2D eigenvalue weighted by Crippen LogP contribution is -2.28. The second-order valence-electron chi connectivity index (χ2n) is 5.95. The molecule has 0 heterocycles. The standard InChI is InChI=1S/C19H21O7P/c1-25-14-3-7-16(8-4-14)27(24,12-13(19(22)23)11-18(20)21)17-9-5-15(26-2)6-10-17/h3-10,13H,11-12H2,1-2H3,(H,20,21)(H,22,23). The normalized spacial score (nSPS) is 12.2. The van der Waals surface area contributed by atoms with Crippen LogP contribution in [-0.2, 0) is 14.2 Å². The third-order valence-corrected chi connectivity index (χ3v) is 7.45. The van der Waals surface area contributed by atoms with Crippen LogP contribution in [0, 0.1) is 5.92 Å². The van der Waals surface area contributed by atoms with Crippen LogP contribution in [0.3, 0.4) is 0 Å². The summed E-state index contributed by atoms with van der Waals surface area (Å²) in [5.74, 6) is -2.68. The van der Waals surface area contributed by atoms with Gasteiger partial charge in [-0.3, -0.25) is 9.59 Å². The number of carbonyl (C=O) groups is 2. The molecule has 27 heavy (non-hydrogen) atoms. The third kappa shape index (κ3) is 4.89. The molecule has 2 aromatic rings. The van der Waals surface area contributed by atoms with Gasteiger partial charge in [0.15, 0.2) is 0 Å². The molecular formula is C19H21O7P. The number of ether oxygens (including phenoxy) is 2. The molecule has 0 aromatic heterocycles. The number of hydrogen-bond donors (Lipinski definition) is 2. The number of aliphatic carboxylic acids is 2. The van der Waals surface area contributed by atoms with Crippen molar-refractivity contribution in [3.8, 4) is 11.5 Å². The van der Waals surface area contributed by atoms with E-state index >= 15 is 0 Å². The first kappa shape index (κ1) is 20.5. The zero-order valence-corrected chi connectivity index (χ0v) is 15.9. The van der Waals surface area contributed by atoms with Crippen LogP contribution in [0.5, 0.6) is 11.5 Å². The van der Waals surface area contributed by atoms with Gasteiger partial charge in [-0.2, -0.15) is 0 Å². The number of methoxy groups -OCH3 is 2. The summed E-state index contributed by atoms with van der Waals surface area (Å²) in [4.78, 5) is 22.6. The van der Waals surface area contributed by atoms with Crippen molar-refractivity contribution in [1.29, 1.82) is 0 Å². The molecule has 8 heteroatoms. The van der Waals surface area contributed by atoms with E-state index in [0.717, 1.165) is 0 Å². The molecule has 0 saturated carbocycles. The number of carboxylic acid groups (broad SMARTS) is 2. The van der Waals surface area contributed by atoms with E-state index in [-0.39, 0.29) is 6.16 Å². The highest BCUT2D eigenvalue weighted by molar-refractivity contribution is 7.78. The lowest BCUT2D eigenvalue weighted by atomic mass is 10.1. The Balaban J connectivity index is 2.53. The Kier molecular flexibility index (Phi) is 6.64. The van der Waals surface area contributed by atoms with Gasteiger partial charge in [-0.25, -0.2) is 0 Å². The molecule has 0 radical (unpaired) electrons. The maximum atomic E-state index is 14.0. The molecule has 2 N–H and O–H groups in total. The molecule has 1 atom stereocenters. The summed E-state index contributed by atoms with van der Waals surface area (Å²) in [6.45, 7) is 0. The van der Waals surface area contributed by atoms with Gasteiger partial charge in [0.2, 0.25) is 0 Å². The summed E-state index contributed by atoms with van der Waals surface area (Å²) in [6.07, 6.45) is -0.904. The summed E-state index contributed by atoms with van der Waals surface area (Å²) < 4.78 is 24.2. The Morgan fingerprint density at radius 1 is 0.889 bits per heavy atom. The first-order valence-electron chi connectivity index (χ1n) is 8.13. The average Bonchev–Trinajstić information content (AvgIpc) is 2.67. The lowest BCUT2D eigenvalue weighted by molar-refractivity contribution is -0.147. The highest BCUT2D eigenvalue weighted by Gasteiger charge is 2.35. The van der Waals surface area contributed by atoms with Crippen LogP contribution in [0.4, 0.5) is 0 Å². The minimum absolute atomic E-state index is 0.298. The number of carboxylic acids is 2. The van der Waals surface area contributed by atoms with E-state index in [1.807, 2.05) is 0 Å². The summed E-state index contributed by atoms with van der Waals surface area (Å²) >= 11 is 0. The molecule has 1 unspecified atom stereocenters. The molecular weight excluding hydrogens is 371 g/mol. The van der Waals surface area contributed by atoms with Crippen LogP contribution in [0.2, 0.25) is 0 Å². The molecule has 7 nitrogen and oxygen atoms in total. The van der Waals surface area contributed by atoms with Crippen molar-refractivity contribution in [2.45, 2.75) is 6.42 Å². The molecule has 0 amide bonds. The van der Waals surface area contributed by atoms with Gasteiger partial charge in [-0.1, -0.05) is 0 Å². The van der Waals surface area contributed by atoms with Crippen LogP contribution in [0.1, 0.15) is 6.42 Å². The maximum Gasteiger partial charge on any atom is 0.307 e. The Labute approximate surface area is 156 Å². The Morgan fingerprint density at radius 3 is 1.59 bits per heavy atom. The van der Waals surface area contributed by atoms with E-state index < -0.39 is 31.4 Å². The molecule has 0 aliphatic rings. The molecule has 0 aliphatic heterocycles. The fourth-order valence-electron chi connectivity index (χ4n) is 2.76. The molecule has 0 bridgehead atoms. The molecule has 2 rings (SSSR count). The van der Waals surface area contributed by atoms with Crippen LogP contribution >= 0.6 is 7.14 Å². The van der Waals surface area contributed by atoms with Crippen LogP contribution in [-0.4, -0.2) is 42.5 Å². The van der Waals surface area contributed by atoms with Gasteiger partial charge in [-0.05, 0) is 48.5 Å². The van der Waals surface area contributed by atoms with Gasteiger partial charge >= 0.3 is 11.9 Å². The van der Waals surface area contributed by atoms with E-state index in [1.165, 1.54) is 14.2 Å². The Morgan fingerprint density at radius 2 is 1.30 bits per heavy atom. The molecule has 0 spiro atoms. The van der Waals surface area contributed by atoms with E-state index in [2.05, 4.69) is 0 Å². The number of benzene rings is 2. The van der Waals surface area contributed by atoms with Crippen molar-refractivity contribution in [2.75, 3.05) is 20.4 Å². The second-order valence-corrected chi connectivity index (χ2v) is 8.83. The lowest BCUT2D eigenvalue weighted by Gasteiger charge is -2.23. The summed E-state index contributed by atoms with van der Waals surface area (Å²) in [6, 6.07) is 13.0. The van der Waals surface area contributed by atoms with Crippen molar-refractivity contribution >= 4 is 29.7 Å². The Bertz CT molecular complexity index is 792. The van der Waals surface area contributed by atoms with Gasteiger partial charge in [0, 0.05) is 16.8 Å². The van der Waals surface area contributed by atoms with E-state index in [4.69, 9.17) is 14.6 Å². The second kappa shape index (κ2) is 8.73. The van der Waals surface area contributed by atoms with E-state index in [1.54, 1.807) is 48.5 Å². The van der Waals surface area contributed by atoms with Crippen LogP contribution in [0.25, 0.3) is 0 Å². The highest BCUT2D eigenvalue weighted by atomic mass is 31.2. The quantitative estimate of drug-likeness (QED) is 0.630. The fourth-order valence-corrected chi connectivity index (χ4v) is 5.64. The van der Waals surface area contributed by atoms with Gasteiger partial charge in [0.05, 0.1) is 26.6 Å². The van der Waals surface area contributed by atoms with Crippen molar-refractivity contribution in [3.05, 3.63) is 48.5 Å². The maximum absolute atomic E-state index is 14.0. The molecule has 0 aliphatic carbocycles. The van der Waals surface area contributed by atoms with Crippen molar-refractivity contribution in [2.24, 2.45) is 5.92 Å². The zero-order valence-electron chi connectivity index (χ0n) is 15.0. The van der Waals surface area contributed by atoms with Crippen LogP contribution in [0.15, 0.2) is 48.5 Å². The predicted molar refractivity (Wildman–Crippen MR) is 101 cm³/mol. The monoisotopic (exact) mass is 392 g/mol. The number of rotatable bonds is 9. The zero-order chi connectivity index (χ0) is 20.0. The minimum atomic E-state index is -3.41. The topological polar surface area (TPSA) is 110 Å². The smallest absolute Gasteiger partial charge is 0.307 e. The Hall–Kier alpha value is -2.79. The first-order chi connectivity index (χ1) is 12.8. The van der Waals surface area contributed by atoms with Gasteiger partial charge in [0.25, 0.3) is 0 Å². The minimum Gasteiger partial charge on any atom is -0.497 e. The summed E-state index contributed by atoms with van der Waals surface area (Å²) in [5.41, 5.74) is 0. The summed E-state index contributed by atoms with van der Waals surface area (Å²) in [7, 11) is -0.396. The van der Waals surface area contributed by atoms with Gasteiger partial charge in [0.1, 0.15) is 18.6 Å². The van der Waals surface area contributed by atoms with Crippen LogP contribution < -0.4 is 20.1 Å². The molecule has 0 saturated heterocycles. The average molecular weight is 392 g/mol. The molecule has 144 valence electrons. The van der Waals surface area contributed by atoms with E-state index in [9.17, 15) is 19.3 Å². The predicted octanol–water partition coefficient (Wildman–Crippen LogP) is 2.19. The molecule has 0 fully saturated rings. The number of hydrogen-bond acceptors (Lipinski definition) is 5. The van der Waals surface area contributed by atoms with Gasteiger partial charge < -0.3 is 24.3 Å². The van der Waals surface area contributed by atoms with E-state index in [0.29, 0.717) is 22.1 Å².